The highest BCUT2D eigenvalue weighted by Crippen LogP contribution is 2.30. The number of hydrogen-bond acceptors (Lipinski definition) is 3. The van der Waals surface area contributed by atoms with Crippen LogP contribution in [0.3, 0.4) is 0 Å². The molecule has 1 atom stereocenters. The SMILES string of the molecule is Cc1ccc(-n2nnc(CC(=O)N[C@@H]3CCc4ccccc43)c2C)cc1. The van der Waals surface area contributed by atoms with Crippen LogP contribution >= 0.6 is 0 Å². The Hall–Kier alpha value is -2.95. The molecule has 5 heteroatoms. The molecule has 3 aromatic rings. The van der Waals surface area contributed by atoms with Crippen molar-refractivity contribution in [3.05, 3.63) is 76.6 Å². The minimum absolute atomic E-state index is 0.00856. The second-order valence-corrected chi connectivity index (χ2v) is 6.90. The Balaban J connectivity index is 1.46. The van der Waals surface area contributed by atoms with Gasteiger partial charge in [0.1, 0.15) is 0 Å². The van der Waals surface area contributed by atoms with Crippen molar-refractivity contribution in [1.29, 1.82) is 0 Å². The normalized spacial score (nSPS) is 15.7. The van der Waals surface area contributed by atoms with Gasteiger partial charge in [0.2, 0.25) is 5.91 Å². The zero-order valence-electron chi connectivity index (χ0n) is 15.1. The zero-order valence-corrected chi connectivity index (χ0v) is 15.1. The van der Waals surface area contributed by atoms with Crippen LogP contribution in [0.1, 0.15) is 40.5 Å². The molecule has 1 aliphatic rings. The highest BCUT2D eigenvalue weighted by Gasteiger charge is 2.24. The van der Waals surface area contributed by atoms with Crippen LogP contribution in [0.5, 0.6) is 0 Å². The number of rotatable bonds is 4. The van der Waals surface area contributed by atoms with Gasteiger partial charge in [0.05, 0.1) is 29.5 Å². The van der Waals surface area contributed by atoms with E-state index in [-0.39, 0.29) is 18.4 Å². The first-order valence-corrected chi connectivity index (χ1v) is 8.97. The van der Waals surface area contributed by atoms with Crippen LogP contribution in [0, 0.1) is 13.8 Å². The summed E-state index contributed by atoms with van der Waals surface area (Å²) in [6, 6.07) is 16.5. The van der Waals surface area contributed by atoms with E-state index in [1.54, 1.807) is 4.68 Å². The van der Waals surface area contributed by atoms with Crippen molar-refractivity contribution in [2.75, 3.05) is 0 Å². The van der Waals surface area contributed by atoms with E-state index in [0.29, 0.717) is 5.69 Å². The Bertz CT molecular complexity index is 943. The van der Waals surface area contributed by atoms with Crippen LogP contribution in [0.4, 0.5) is 0 Å². The number of carbonyl (C=O) groups is 1. The lowest BCUT2D eigenvalue weighted by atomic mass is 10.1. The maximum absolute atomic E-state index is 12.5. The third-order valence-electron chi connectivity index (χ3n) is 5.06. The molecule has 0 radical (unpaired) electrons. The molecular weight excluding hydrogens is 324 g/mol. The third-order valence-corrected chi connectivity index (χ3v) is 5.06. The number of nitrogens with zero attached hydrogens (tertiary/aromatic N) is 3. The second-order valence-electron chi connectivity index (χ2n) is 6.90. The molecule has 26 heavy (non-hydrogen) atoms. The molecule has 2 aromatic carbocycles. The van der Waals surface area contributed by atoms with Crippen molar-refractivity contribution < 1.29 is 4.79 Å². The molecule has 0 unspecified atom stereocenters. The van der Waals surface area contributed by atoms with E-state index in [0.717, 1.165) is 24.2 Å². The fourth-order valence-electron chi connectivity index (χ4n) is 3.56. The van der Waals surface area contributed by atoms with Crippen molar-refractivity contribution >= 4 is 5.91 Å². The molecule has 4 rings (SSSR count). The molecule has 0 fully saturated rings. The summed E-state index contributed by atoms with van der Waals surface area (Å²) < 4.78 is 1.78. The van der Waals surface area contributed by atoms with E-state index in [2.05, 4.69) is 40.8 Å². The highest BCUT2D eigenvalue weighted by molar-refractivity contribution is 5.79. The fraction of sp³-hybridized carbons (Fsp3) is 0.286. The van der Waals surface area contributed by atoms with Gasteiger partial charge < -0.3 is 5.32 Å². The van der Waals surface area contributed by atoms with Crippen LogP contribution in [0.15, 0.2) is 48.5 Å². The number of fused-ring (bicyclic) bond motifs is 1. The van der Waals surface area contributed by atoms with E-state index in [4.69, 9.17) is 0 Å². The Morgan fingerprint density at radius 1 is 1.15 bits per heavy atom. The van der Waals surface area contributed by atoms with Crippen molar-refractivity contribution in [3.8, 4) is 5.69 Å². The van der Waals surface area contributed by atoms with Gasteiger partial charge in [-0.05, 0) is 49.9 Å². The largest absolute Gasteiger partial charge is 0.349 e. The maximum atomic E-state index is 12.5. The lowest BCUT2D eigenvalue weighted by Gasteiger charge is -2.13. The molecule has 0 saturated carbocycles. The Morgan fingerprint density at radius 2 is 1.92 bits per heavy atom. The van der Waals surface area contributed by atoms with E-state index in [1.807, 2.05) is 37.3 Å². The van der Waals surface area contributed by atoms with Crippen LogP contribution < -0.4 is 5.32 Å². The molecule has 0 saturated heterocycles. The molecule has 1 N–H and O–H groups in total. The number of aryl methyl sites for hydroxylation is 2. The molecule has 1 aliphatic carbocycles. The van der Waals surface area contributed by atoms with E-state index in [1.165, 1.54) is 16.7 Å². The zero-order chi connectivity index (χ0) is 18.1. The topological polar surface area (TPSA) is 59.8 Å². The van der Waals surface area contributed by atoms with E-state index in [9.17, 15) is 4.79 Å². The van der Waals surface area contributed by atoms with Crippen LogP contribution in [0.25, 0.3) is 5.69 Å². The highest BCUT2D eigenvalue weighted by atomic mass is 16.1. The van der Waals surface area contributed by atoms with Crippen molar-refractivity contribution in [2.24, 2.45) is 0 Å². The lowest BCUT2D eigenvalue weighted by Crippen LogP contribution is -2.28. The number of amides is 1. The third kappa shape index (κ3) is 3.12. The van der Waals surface area contributed by atoms with E-state index < -0.39 is 0 Å². The molecule has 0 bridgehead atoms. The maximum Gasteiger partial charge on any atom is 0.226 e. The summed E-state index contributed by atoms with van der Waals surface area (Å²) in [7, 11) is 0. The number of nitrogens with one attached hydrogen (secondary N) is 1. The number of aromatic nitrogens is 3. The fourth-order valence-corrected chi connectivity index (χ4v) is 3.56. The van der Waals surface area contributed by atoms with Gasteiger partial charge in [-0.2, -0.15) is 0 Å². The second kappa shape index (κ2) is 6.75. The quantitative estimate of drug-likeness (QED) is 0.789. The summed E-state index contributed by atoms with van der Waals surface area (Å²) in [5.41, 5.74) is 6.34. The Kier molecular flexibility index (Phi) is 4.29. The standard InChI is InChI=1S/C21H22N4O/c1-14-7-10-17(11-8-14)25-15(2)20(23-24-25)13-21(26)22-19-12-9-16-5-3-4-6-18(16)19/h3-8,10-11,19H,9,12-13H2,1-2H3,(H,22,26)/t19-/m1/s1. The molecular formula is C21H22N4O. The van der Waals surface area contributed by atoms with Gasteiger partial charge in [-0.15, -0.1) is 5.10 Å². The first-order valence-electron chi connectivity index (χ1n) is 8.97. The number of carbonyl (C=O) groups excluding carboxylic acids is 1. The van der Waals surface area contributed by atoms with Gasteiger partial charge in [0.25, 0.3) is 0 Å². The molecule has 132 valence electrons. The predicted octanol–water partition coefficient (Wildman–Crippen LogP) is 3.23. The van der Waals surface area contributed by atoms with Crippen LogP contribution in [-0.4, -0.2) is 20.9 Å². The Labute approximate surface area is 153 Å². The van der Waals surface area contributed by atoms with Gasteiger partial charge in [-0.1, -0.05) is 47.2 Å². The van der Waals surface area contributed by atoms with Gasteiger partial charge in [0.15, 0.2) is 0 Å². The van der Waals surface area contributed by atoms with Crippen molar-refractivity contribution in [1.82, 2.24) is 20.3 Å². The molecule has 1 heterocycles. The van der Waals surface area contributed by atoms with E-state index >= 15 is 0 Å². The summed E-state index contributed by atoms with van der Waals surface area (Å²) in [5, 5.41) is 11.6. The minimum Gasteiger partial charge on any atom is -0.349 e. The Morgan fingerprint density at radius 3 is 2.73 bits per heavy atom. The predicted molar refractivity (Wildman–Crippen MR) is 100 cm³/mol. The first-order chi connectivity index (χ1) is 12.6. The summed E-state index contributed by atoms with van der Waals surface area (Å²) in [6.45, 7) is 4.00. The monoisotopic (exact) mass is 346 g/mol. The minimum atomic E-state index is -0.00856. The summed E-state index contributed by atoms with van der Waals surface area (Å²) >= 11 is 0. The molecule has 1 aromatic heterocycles. The van der Waals surface area contributed by atoms with Gasteiger partial charge in [-0.25, -0.2) is 4.68 Å². The van der Waals surface area contributed by atoms with Gasteiger partial charge in [-0.3, -0.25) is 4.79 Å². The number of hydrogen-bond donors (Lipinski definition) is 1. The molecule has 0 aliphatic heterocycles. The first kappa shape index (κ1) is 16.5. The van der Waals surface area contributed by atoms with Gasteiger partial charge >= 0.3 is 0 Å². The smallest absolute Gasteiger partial charge is 0.226 e. The summed E-state index contributed by atoms with van der Waals surface area (Å²) in [5.74, 6) is -0.00856. The number of benzene rings is 2. The average molecular weight is 346 g/mol. The average Bonchev–Trinajstić information content (AvgIpc) is 3.21. The van der Waals surface area contributed by atoms with Crippen LogP contribution in [0.2, 0.25) is 0 Å². The van der Waals surface area contributed by atoms with Crippen molar-refractivity contribution in [3.63, 3.8) is 0 Å². The molecule has 1 amide bonds. The van der Waals surface area contributed by atoms with Gasteiger partial charge in [0, 0.05) is 0 Å². The summed E-state index contributed by atoms with van der Waals surface area (Å²) in [6.07, 6.45) is 2.22. The molecule has 0 spiro atoms. The molecule has 5 nitrogen and oxygen atoms in total. The summed E-state index contributed by atoms with van der Waals surface area (Å²) in [4.78, 5) is 12.5. The van der Waals surface area contributed by atoms with Crippen molar-refractivity contribution in [2.45, 2.75) is 39.2 Å². The van der Waals surface area contributed by atoms with Crippen LogP contribution in [-0.2, 0) is 17.6 Å². The lowest BCUT2D eigenvalue weighted by molar-refractivity contribution is -0.121.